The zero-order valence-corrected chi connectivity index (χ0v) is 15.6. The van der Waals surface area contributed by atoms with E-state index in [4.69, 9.17) is 19.9 Å². The molecule has 0 saturated carbocycles. The number of aryl methyl sites for hydroxylation is 1. The van der Waals surface area contributed by atoms with Crippen molar-refractivity contribution in [2.24, 2.45) is 10.7 Å². The predicted octanol–water partition coefficient (Wildman–Crippen LogP) is 2.89. The van der Waals surface area contributed by atoms with E-state index in [-0.39, 0.29) is 0 Å². The van der Waals surface area contributed by atoms with Crippen LogP contribution in [0.2, 0.25) is 0 Å². The topological polar surface area (TPSA) is 78.1 Å². The van der Waals surface area contributed by atoms with Crippen molar-refractivity contribution in [3.05, 3.63) is 53.6 Å². The Morgan fingerprint density at radius 1 is 1.04 bits per heavy atom. The van der Waals surface area contributed by atoms with E-state index in [1.807, 2.05) is 49.4 Å². The lowest BCUT2D eigenvalue weighted by molar-refractivity contribution is 0.309. The Morgan fingerprint density at radius 3 is 2.54 bits per heavy atom. The van der Waals surface area contributed by atoms with Crippen LogP contribution in [0.1, 0.15) is 17.5 Å². The summed E-state index contributed by atoms with van der Waals surface area (Å²) in [6, 6.07) is 13.7. The van der Waals surface area contributed by atoms with E-state index in [0.29, 0.717) is 37.2 Å². The Hall–Kier alpha value is -2.89. The standard InChI is InChI=1S/C20H27N3O3/c1-15-7-4-5-8-17(15)26-12-6-11-22-20(21)23-14-16-9-10-18(24-2)19(13-16)25-3/h4-5,7-10,13H,6,11-12,14H2,1-3H3,(H3,21,22,23). The van der Waals surface area contributed by atoms with Gasteiger partial charge in [0, 0.05) is 6.54 Å². The van der Waals surface area contributed by atoms with Crippen LogP contribution in [-0.4, -0.2) is 33.3 Å². The van der Waals surface area contributed by atoms with Gasteiger partial charge in [-0.3, -0.25) is 0 Å². The molecule has 0 fully saturated rings. The Kier molecular flexibility index (Phi) is 7.61. The SMILES string of the molecule is COc1ccc(CN=C(N)NCCCOc2ccccc2C)cc1OC. The highest BCUT2D eigenvalue weighted by atomic mass is 16.5. The third kappa shape index (κ3) is 5.88. The lowest BCUT2D eigenvalue weighted by atomic mass is 10.2. The third-order valence-electron chi connectivity index (χ3n) is 3.86. The number of nitrogens with two attached hydrogens (primary N) is 1. The number of methoxy groups -OCH3 is 2. The number of para-hydroxylation sites is 1. The molecule has 2 rings (SSSR count). The van der Waals surface area contributed by atoms with Crippen LogP contribution < -0.4 is 25.3 Å². The first kappa shape index (κ1) is 19.4. The maximum absolute atomic E-state index is 5.91. The second kappa shape index (κ2) is 10.2. The fourth-order valence-electron chi connectivity index (χ4n) is 2.40. The van der Waals surface area contributed by atoms with E-state index in [9.17, 15) is 0 Å². The molecule has 0 aliphatic heterocycles. The number of guanidine groups is 1. The van der Waals surface area contributed by atoms with Gasteiger partial charge in [-0.15, -0.1) is 0 Å². The van der Waals surface area contributed by atoms with Gasteiger partial charge in [-0.05, 0) is 42.7 Å². The summed E-state index contributed by atoms with van der Waals surface area (Å²) in [4.78, 5) is 4.34. The Morgan fingerprint density at radius 2 is 1.81 bits per heavy atom. The third-order valence-corrected chi connectivity index (χ3v) is 3.86. The average Bonchev–Trinajstić information content (AvgIpc) is 2.67. The van der Waals surface area contributed by atoms with Crippen molar-refractivity contribution in [1.82, 2.24) is 5.32 Å². The number of rotatable bonds is 9. The van der Waals surface area contributed by atoms with Gasteiger partial charge in [-0.1, -0.05) is 24.3 Å². The fraction of sp³-hybridized carbons (Fsp3) is 0.350. The predicted molar refractivity (Wildman–Crippen MR) is 104 cm³/mol. The number of nitrogens with one attached hydrogen (secondary N) is 1. The van der Waals surface area contributed by atoms with Gasteiger partial charge in [-0.2, -0.15) is 0 Å². The second-order valence-corrected chi connectivity index (χ2v) is 5.79. The van der Waals surface area contributed by atoms with Gasteiger partial charge in [0.1, 0.15) is 5.75 Å². The summed E-state index contributed by atoms with van der Waals surface area (Å²) >= 11 is 0. The molecule has 2 aromatic carbocycles. The molecule has 0 bridgehead atoms. The first-order valence-corrected chi connectivity index (χ1v) is 8.57. The van der Waals surface area contributed by atoms with E-state index in [1.54, 1.807) is 14.2 Å². The smallest absolute Gasteiger partial charge is 0.188 e. The summed E-state index contributed by atoms with van der Waals surface area (Å²) in [5.74, 6) is 2.71. The molecule has 0 spiro atoms. The molecule has 26 heavy (non-hydrogen) atoms. The normalized spacial score (nSPS) is 11.1. The number of benzene rings is 2. The highest BCUT2D eigenvalue weighted by molar-refractivity contribution is 5.77. The van der Waals surface area contributed by atoms with E-state index in [0.717, 1.165) is 23.3 Å². The van der Waals surface area contributed by atoms with Crippen LogP contribution >= 0.6 is 0 Å². The molecule has 0 saturated heterocycles. The Balaban J connectivity index is 1.72. The molecule has 6 nitrogen and oxygen atoms in total. The number of hydrogen-bond acceptors (Lipinski definition) is 4. The van der Waals surface area contributed by atoms with Gasteiger partial charge in [-0.25, -0.2) is 4.99 Å². The van der Waals surface area contributed by atoms with E-state index in [2.05, 4.69) is 10.3 Å². The summed E-state index contributed by atoms with van der Waals surface area (Å²) in [5.41, 5.74) is 8.04. The molecule has 2 aromatic rings. The molecule has 0 aromatic heterocycles. The zero-order valence-electron chi connectivity index (χ0n) is 15.6. The molecule has 140 valence electrons. The molecule has 0 aliphatic rings. The quantitative estimate of drug-likeness (QED) is 0.410. The first-order chi connectivity index (χ1) is 12.6. The van der Waals surface area contributed by atoms with Crippen LogP contribution in [0.25, 0.3) is 0 Å². The lowest BCUT2D eigenvalue weighted by Crippen LogP contribution is -2.33. The average molecular weight is 357 g/mol. The van der Waals surface area contributed by atoms with Crippen molar-refractivity contribution in [3.63, 3.8) is 0 Å². The van der Waals surface area contributed by atoms with Crippen LogP contribution in [0.3, 0.4) is 0 Å². The van der Waals surface area contributed by atoms with Gasteiger partial charge in [0.2, 0.25) is 0 Å². The summed E-state index contributed by atoms with van der Waals surface area (Å²) in [6.07, 6.45) is 0.834. The van der Waals surface area contributed by atoms with E-state index in [1.165, 1.54) is 0 Å². The highest BCUT2D eigenvalue weighted by Crippen LogP contribution is 2.27. The molecule has 0 heterocycles. The first-order valence-electron chi connectivity index (χ1n) is 8.57. The number of aliphatic imine (C=N–C) groups is 1. The molecular weight excluding hydrogens is 330 g/mol. The molecule has 0 aliphatic carbocycles. The van der Waals surface area contributed by atoms with Crippen molar-refractivity contribution >= 4 is 5.96 Å². The van der Waals surface area contributed by atoms with Gasteiger partial charge in [0.15, 0.2) is 17.5 Å². The second-order valence-electron chi connectivity index (χ2n) is 5.79. The molecule has 6 heteroatoms. The van der Waals surface area contributed by atoms with Crippen molar-refractivity contribution in [2.45, 2.75) is 19.9 Å². The summed E-state index contributed by atoms with van der Waals surface area (Å²) in [5, 5.41) is 3.10. The summed E-state index contributed by atoms with van der Waals surface area (Å²) in [7, 11) is 3.22. The minimum absolute atomic E-state index is 0.413. The largest absolute Gasteiger partial charge is 0.493 e. The van der Waals surface area contributed by atoms with Gasteiger partial charge in [0.25, 0.3) is 0 Å². The molecular formula is C20H27N3O3. The highest BCUT2D eigenvalue weighted by Gasteiger charge is 2.04. The van der Waals surface area contributed by atoms with E-state index < -0.39 is 0 Å². The molecule has 0 amide bonds. The van der Waals surface area contributed by atoms with E-state index >= 15 is 0 Å². The van der Waals surface area contributed by atoms with Crippen LogP contribution in [0, 0.1) is 6.92 Å². The molecule has 3 N–H and O–H groups in total. The number of hydrogen-bond donors (Lipinski definition) is 2. The lowest BCUT2D eigenvalue weighted by Gasteiger charge is -2.10. The Bertz CT molecular complexity index is 732. The molecule has 0 unspecified atom stereocenters. The minimum atomic E-state index is 0.413. The summed E-state index contributed by atoms with van der Waals surface area (Å²) < 4.78 is 16.3. The van der Waals surface area contributed by atoms with Crippen LogP contribution in [0.5, 0.6) is 17.2 Å². The summed E-state index contributed by atoms with van der Waals surface area (Å²) in [6.45, 7) is 3.83. The van der Waals surface area contributed by atoms with Crippen LogP contribution in [0.15, 0.2) is 47.5 Å². The number of nitrogens with zero attached hydrogens (tertiary/aromatic N) is 1. The van der Waals surface area contributed by atoms with Gasteiger partial charge in [0.05, 0.1) is 27.4 Å². The van der Waals surface area contributed by atoms with Gasteiger partial charge >= 0.3 is 0 Å². The zero-order chi connectivity index (χ0) is 18.8. The Labute approximate surface area is 155 Å². The van der Waals surface area contributed by atoms with Crippen LogP contribution in [-0.2, 0) is 6.54 Å². The molecule has 0 radical (unpaired) electrons. The van der Waals surface area contributed by atoms with Crippen molar-refractivity contribution in [1.29, 1.82) is 0 Å². The number of ether oxygens (including phenoxy) is 3. The monoisotopic (exact) mass is 357 g/mol. The van der Waals surface area contributed by atoms with Crippen molar-refractivity contribution in [2.75, 3.05) is 27.4 Å². The van der Waals surface area contributed by atoms with Crippen molar-refractivity contribution < 1.29 is 14.2 Å². The maximum Gasteiger partial charge on any atom is 0.188 e. The molecule has 0 atom stereocenters. The fourth-order valence-corrected chi connectivity index (χ4v) is 2.40. The van der Waals surface area contributed by atoms with Crippen LogP contribution in [0.4, 0.5) is 0 Å². The van der Waals surface area contributed by atoms with Gasteiger partial charge < -0.3 is 25.3 Å². The van der Waals surface area contributed by atoms with Crippen molar-refractivity contribution in [3.8, 4) is 17.2 Å². The maximum atomic E-state index is 5.91. The minimum Gasteiger partial charge on any atom is -0.493 e.